The van der Waals surface area contributed by atoms with Gasteiger partial charge in [0, 0.05) is 21.8 Å². The number of thioether (sulfide) groups is 1. The van der Waals surface area contributed by atoms with Gasteiger partial charge in [-0.25, -0.2) is 0 Å². The maximum Gasteiger partial charge on any atom is 0.224 e. The van der Waals surface area contributed by atoms with E-state index in [-0.39, 0.29) is 23.1 Å². The quantitative estimate of drug-likeness (QED) is 0.783. The molecule has 0 aliphatic carbocycles. The fourth-order valence-corrected chi connectivity index (χ4v) is 3.46. The lowest BCUT2D eigenvalue weighted by molar-refractivity contribution is -0.116. The number of benzene rings is 1. The van der Waals surface area contributed by atoms with E-state index in [1.807, 2.05) is 23.9 Å². The van der Waals surface area contributed by atoms with Crippen LogP contribution in [0.2, 0.25) is 0 Å². The summed E-state index contributed by atoms with van der Waals surface area (Å²) in [6.45, 7) is 8.76. The van der Waals surface area contributed by atoms with Crippen molar-refractivity contribution in [2.75, 3.05) is 18.4 Å². The average Bonchev–Trinajstić information content (AvgIpc) is 2.90. The van der Waals surface area contributed by atoms with Crippen LogP contribution in [0.1, 0.15) is 40.0 Å². The molecule has 1 atom stereocenters. The topological polar surface area (TPSA) is 41.1 Å². The molecule has 0 bridgehead atoms. The van der Waals surface area contributed by atoms with Crippen molar-refractivity contribution < 1.29 is 4.79 Å². The standard InChI is InChI=1S/C17H26N2OS.ClH/c1-17(2,3)21-15-7-5-14(6-8-15)19-16(20)9-4-13-10-11-18-12-13;/h5-8,13,18H,4,9-12H2,1-3H3,(H,19,20);1H. The van der Waals surface area contributed by atoms with Gasteiger partial charge in [0.05, 0.1) is 0 Å². The highest BCUT2D eigenvalue weighted by atomic mass is 35.5. The Morgan fingerprint density at radius 3 is 2.55 bits per heavy atom. The molecule has 1 aromatic carbocycles. The van der Waals surface area contributed by atoms with Crippen LogP contribution in [0, 0.1) is 5.92 Å². The maximum atomic E-state index is 11.9. The van der Waals surface area contributed by atoms with E-state index in [0.717, 1.165) is 25.2 Å². The second kappa shape index (κ2) is 8.80. The third-order valence-corrected chi connectivity index (χ3v) is 4.62. The summed E-state index contributed by atoms with van der Waals surface area (Å²) in [7, 11) is 0. The summed E-state index contributed by atoms with van der Waals surface area (Å²) in [5, 5.41) is 6.32. The van der Waals surface area contributed by atoms with Crippen LogP contribution < -0.4 is 10.6 Å². The summed E-state index contributed by atoms with van der Waals surface area (Å²) in [5.41, 5.74) is 0.891. The molecule has 1 aliphatic rings. The molecule has 22 heavy (non-hydrogen) atoms. The number of hydrogen-bond donors (Lipinski definition) is 2. The van der Waals surface area contributed by atoms with Crippen LogP contribution in [0.5, 0.6) is 0 Å². The zero-order chi connectivity index (χ0) is 15.3. The molecule has 1 saturated heterocycles. The molecule has 2 N–H and O–H groups in total. The normalized spacial score (nSPS) is 17.9. The Hall–Kier alpha value is -0.710. The molecule has 1 unspecified atom stereocenters. The van der Waals surface area contributed by atoms with E-state index in [1.165, 1.54) is 11.3 Å². The molecule has 3 nitrogen and oxygen atoms in total. The van der Waals surface area contributed by atoms with Crippen molar-refractivity contribution in [2.24, 2.45) is 5.92 Å². The number of hydrogen-bond acceptors (Lipinski definition) is 3. The molecule has 2 rings (SSSR count). The van der Waals surface area contributed by atoms with Gasteiger partial charge in [0.2, 0.25) is 5.91 Å². The van der Waals surface area contributed by atoms with Crippen LogP contribution in [-0.2, 0) is 4.79 Å². The Bertz CT molecular complexity index is 465. The van der Waals surface area contributed by atoms with Gasteiger partial charge in [0.25, 0.3) is 0 Å². The van der Waals surface area contributed by atoms with E-state index in [0.29, 0.717) is 12.3 Å². The summed E-state index contributed by atoms with van der Waals surface area (Å²) < 4.78 is 0.208. The van der Waals surface area contributed by atoms with Crippen molar-refractivity contribution in [3.05, 3.63) is 24.3 Å². The molecule has 1 heterocycles. The Balaban J connectivity index is 0.00000242. The van der Waals surface area contributed by atoms with E-state index in [4.69, 9.17) is 0 Å². The number of rotatable bonds is 5. The molecule has 1 aromatic rings. The zero-order valence-electron chi connectivity index (χ0n) is 13.6. The third-order valence-electron chi connectivity index (χ3n) is 3.50. The smallest absolute Gasteiger partial charge is 0.224 e. The van der Waals surface area contributed by atoms with Crippen LogP contribution in [0.4, 0.5) is 5.69 Å². The van der Waals surface area contributed by atoms with Gasteiger partial charge in [0.15, 0.2) is 0 Å². The molecule has 0 radical (unpaired) electrons. The van der Waals surface area contributed by atoms with Crippen molar-refractivity contribution in [3.8, 4) is 0 Å². The molecule has 0 spiro atoms. The van der Waals surface area contributed by atoms with Crippen molar-refractivity contribution >= 4 is 35.8 Å². The minimum Gasteiger partial charge on any atom is -0.326 e. The lowest BCUT2D eigenvalue weighted by Crippen LogP contribution is -2.15. The number of carbonyl (C=O) groups is 1. The van der Waals surface area contributed by atoms with E-state index >= 15 is 0 Å². The lowest BCUT2D eigenvalue weighted by Gasteiger charge is -2.17. The zero-order valence-corrected chi connectivity index (χ0v) is 15.3. The highest BCUT2D eigenvalue weighted by Gasteiger charge is 2.16. The minimum atomic E-state index is 0. The molecule has 0 saturated carbocycles. The SMILES string of the molecule is CC(C)(C)Sc1ccc(NC(=O)CCC2CCNC2)cc1.Cl. The highest BCUT2D eigenvalue weighted by Crippen LogP contribution is 2.32. The number of carbonyl (C=O) groups excluding carboxylic acids is 1. The molecule has 1 aliphatic heterocycles. The van der Waals surface area contributed by atoms with Crippen LogP contribution in [0.15, 0.2) is 29.2 Å². The van der Waals surface area contributed by atoms with Gasteiger partial charge in [-0.3, -0.25) is 4.79 Å². The Labute approximate surface area is 144 Å². The molecule has 124 valence electrons. The van der Waals surface area contributed by atoms with Gasteiger partial charge < -0.3 is 10.6 Å². The first-order valence-corrected chi connectivity index (χ1v) is 8.54. The summed E-state index contributed by atoms with van der Waals surface area (Å²) >= 11 is 1.84. The first-order valence-electron chi connectivity index (χ1n) is 7.72. The Morgan fingerprint density at radius 1 is 1.32 bits per heavy atom. The number of halogens is 1. The summed E-state index contributed by atoms with van der Waals surface area (Å²) in [4.78, 5) is 13.2. The van der Waals surface area contributed by atoms with E-state index in [1.54, 1.807) is 0 Å². The third kappa shape index (κ3) is 7.03. The average molecular weight is 343 g/mol. The van der Waals surface area contributed by atoms with E-state index in [9.17, 15) is 4.79 Å². The largest absolute Gasteiger partial charge is 0.326 e. The fourth-order valence-electron chi connectivity index (χ4n) is 2.48. The lowest BCUT2D eigenvalue weighted by atomic mass is 10.0. The number of amides is 1. The van der Waals surface area contributed by atoms with Gasteiger partial charge in [0.1, 0.15) is 0 Å². The molecule has 0 aromatic heterocycles. The second-order valence-corrected chi connectivity index (χ2v) is 8.58. The highest BCUT2D eigenvalue weighted by molar-refractivity contribution is 8.00. The Morgan fingerprint density at radius 2 is 2.00 bits per heavy atom. The first kappa shape index (κ1) is 19.3. The molecular formula is C17H27ClN2OS. The van der Waals surface area contributed by atoms with Gasteiger partial charge in [-0.05, 0) is 56.1 Å². The maximum absolute atomic E-state index is 11.9. The van der Waals surface area contributed by atoms with Crippen LogP contribution in [-0.4, -0.2) is 23.7 Å². The predicted octanol–water partition coefficient (Wildman–Crippen LogP) is 4.33. The summed E-state index contributed by atoms with van der Waals surface area (Å²) in [6, 6.07) is 8.13. The van der Waals surface area contributed by atoms with Crippen LogP contribution >= 0.6 is 24.2 Å². The first-order chi connectivity index (χ1) is 9.92. The van der Waals surface area contributed by atoms with E-state index in [2.05, 4.69) is 43.5 Å². The molecule has 1 fully saturated rings. The van der Waals surface area contributed by atoms with Crippen molar-refractivity contribution in [3.63, 3.8) is 0 Å². The molecule has 1 amide bonds. The van der Waals surface area contributed by atoms with Gasteiger partial charge in [-0.1, -0.05) is 20.8 Å². The number of anilines is 1. The van der Waals surface area contributed by atoms with Crippen molar-refractivity contribution in [2.45, 2.75) is 49.7 Å². The van der Waals surface area contributed by atoms with Gasteiger partial charge in [-0.2, -0.15) is 0 Å². The molecular weight excluding hydrogens is 316 g/mol. The van der Waals surface area contributed by atoms with Gasteiger partial charge in [-0.15, -0.1) is 24.2 Å². The summed E-state index contributed by atoms with van der Waals surface area (Å²) in [5.74, 6) is 0.791. The predicted molar refractivity (Wildman–Crippen MR) is 98.1 cm³/mol. The minimum absolute atomic E-state index is 0. The Kier molecular flexibility index (Phi) is 7.74. The van der Waals surface area contributed by atoms with Crippen LogP contribution in [0.25, 0.3) is 0 Å². The molecule has 5 heteroatoms. The number of nitrogens with one attached hydrogen (secondary N) is 2. The van der Waals surface area contributed by atoms with Gasteiger partial charge >= 0.3 is 0 Å². The van der Waals surface area contributed by atoms with Crippen LogP contribution in [0.3, 0.4) is 0 Å². The van der Waals surface area contributed by atoms with Crippen molar-refractivity contribution in [1.82, 2.24) is 5.32 Å². The second-order valence-electron chi connectivity index (χ2n) is 6.68. The fraction of sp³-hybridized carbons (Fsp3) is 0.588. The van der Waals surface area contributed by atoms with E-state index < -0.39 is 0 Å². The summed E-state index contributed by atoms with van der Waals surface area (Å²) in [6.07, 6.45) is 2.80. The van der Waals surface area contributed by atoms with Crippen molar-refractivity contribution in [1.29, 1.82) is 0 Å². The monoisotopic (exact) mass is 342 g/mol.